The van der Waals surface area contributed by atoms with Crippen LogP contribution in [0.5, 0.6) is 0 Å². The van der Waals surface area contributed by atoms with Crippen LogP contribution in [0.1, 0.15) is 26.1 Å². The largest absolute Gasteiger partial charge is 0.341 e. The van der Waals surface area contributed by atoms with Crippen molar-refractivity contribution in [3.05, 3.63) is 30.1 Å². The monoisotopic (exact) mass is 341 g/mol. The predicted molar refractivity (Wildman–Crippen MR) is 98.1 cm³/mol. The van der Waals surface area contributed by atoms with Gasteiger partial charge < -0.3 is 15.2 Å². The van der Waals surface area contributed by atoms with Crippen LogP contribution in [-0.4, -0.2) is 63.9 Å². The van der Waals surface area contributed by atoms with Crippen LogP contribution in [-0.2, 0) is 11.3 Å². The van der Waals surface area contributed by atoms with Crippen molar-refractivity contribution in [1.29, 1.82) is 0 Å². The molecule has 4 rings (SSSR count). The fraction of sp³-hybridized carbons (Fsp3) is 0.579. The van der Waals surface area contributed by atoms with Crippen LogP contribution in [0.15, 0.2) is 24.3 Å². The first-order chi connectivity index (χ1) is 12.0. The van der Waals surface area contributed by atoms with Gasteiger partial charge in [-0.15, -0.1) is 0 Å². The number of aromatic amines is 1. The average Bonchev–Trinajstić information content (AvgIpc) is 3.17. The summed E-state index contributed by atoms with van der Waals surface area (Å²) in [5.41, 5.74) is 2.19. The van der Waals surface area contributed by atoms with Crippen LogP contribution in [0.3, 0.4) is 0 Å². The third kappa shape index (κ3) is 3.55. The number of hydrogen-bond donors (Lipinski definition) is 2. The van der Waals surface area contributed by atoms with Gasteiger partial charge in [0, 0.05) is 38.3 Å². The third-order valence-electron chi connectivity index (χ3n) is 5.43. The maximum Gasteiger partial charge on any atom is 0.227 e. The molecule has 0 radical (unpaired) electrons. The van der Waals surface area contributed by atoms with Crippen molar-refractivity contribution in [3.63, 3.8) is 0 Å². The minimum absolute atomic E-state index is 0.0867. The van der Waals surface area contributed by atoms with Crippen LogP contribution < -0.4 is 5.32 Å². The Balaban J connectivity index is 1.31. The van der Waals surface area contributed by atoms with E-state index in [1.54, 1.807) is 0 Å². The number of nitrogens with zero attached hydrogens (tertiary/aromatic N) is 3. The molecule has 0 saturated carbocycles. The number of benzene rings is 1. The van der Waals surface area contributed by atoms with Crippen molar-refractivity contribution in [2.75, 3.05) is 32.7 Å². The number of imidazole rings is 1. The second-order valence-electron chi connectivity index (χ2n) is 7.97. The molecule has 1 amide bonds. The zero-order valence-electron chi connectivity index (χ0n) is 15.1. The van der Waals surface area contributed by atoms with Gasteiger partial charge in [0.1, 0.15) is 5.82 Å². The molecule has 1 aromatic carbocycles. The Hall–Kier alpha value is -1.92. The molecule has 2 aliphatic heterocycles. The summed E-state index contributed by atoms with van der Waals surface area (Å²) in [5, 5.41) is 3.45. The maximum atomic E-state index is 12.7. The van der Waals surface area contributed by atoms with Crippen molar-refractivity contribution in [1.82, 2.24) is 25.1 Å². The van der Waals surface area contributed by atoms with Crippen molar-refractivity contribution in [3.8, 4) is 0 Å². The smallest absolute Gasteiger partial charge is 0.227 e. The minimum Gasteiger partial charge on any atom is -0.341 e. The summed E-state index contributed by atoms with van der Waals surface area (Å²) in [6.45, 7) is 9.42. The summed E-state index contributed by atoms with van der Waals surface area (Å²) in [6.07, 6.45) is 0.936. The zero-order chi connectivity index (χ0) is 17.4. The third-order valence-corrected chi connectivity index (χ3v) is 5.43. The Bertz CT molecular complexity index is 727. The van der Waals surface area contributed by atoms with Crippen molar-refractivity contribution in [2.45, 2.75) is 32.4 Å². The molecular formula is C19H27N5O. The van der Waals surface area contributed by atoms with E-state index >= 15 is 0 Å². The first-order valence-electron chi connectivity index (χ1n) is 9.20. The molecule has 0 aliphatic carbocycles. The molecule has 0 spiro atoms. The summed E-state index contributed by atoms with van der Waals surface area (Å²) in [7, 11) is 0. The van der Waals surface area contributed by atoms with Crippen molar-refractivity contribution in [2.24, 2.45) is 5.92 Å². The van der Waals surface area contributed by atoms with Crippen LogP contribution >= 0.6 is 0 Å². The van der Waals surface area contributed by atoms with Gasteiger partial charge in [-0.1, -0.05) is 12.1 Å². The molecule has 0 bridgehead atoms. The highest BCUT2D eigenvalue weighted by Crippen LogP contribution is 2.25. The second kappa shape index (κ2) is 6.42. The Morgan fingerprint density at radius 3 is 2.68 bits per heavy atom. The number of hydrogen-bond acceptors (Lipinski definition) is 4. The maximum absolute atomic E-state index is 12.7. The highest BCUT2D eigenvalue weighted by atomic mass is 16.2. The summed E-state index contributed by atoms with van der Waals surface area (Å²) in [6, 6.07) is 8.12. The van der Waals surface area contributed by atoms with E-state index in [2.05, 4.69) is 40.1 Å². The molecule has 25 heavy (non-hydrogen) atoms. The lowest BCUT2D eigenvalue weighted by molar-refractivity contribution is -0.136. The summed E-state index contributed by atoms with van der Waals surface area (Å²) < 4.78 is 0. The molecule has 134 valence electrons. The van der Waals surface area contributed by atoms with E-state index in [-0.39, 0.29) is 11.5 Å². The molecule has 6 heteroatoms. The molecule has 1 atom stereocenters. The Morgan fingerprint density at radius 2 is 2.00 bits per heavy atom. The minimum atomic E-state index is 0.0867. The fourth-order valence-corrected chi connectivity index (χ4v) is 4.01. The fourth-order valence-electron chi connectivity index (χ4n) is 4.01. The summed E-state index contributed by atoms with van der Waals surface area (Å²) in [4.78, 5) is 25.2. The molecule has 2 saturated heterocycles. The molecule has 2 fully saturated rings. The molecule has 1 aromatic heterocycles. The van der Waals surface area contributed by atoms with E-state index in [0.717, 1.165) is 62.5 Å². The number of nitrogens with one attached hydrogen (secondary N) is 2. The number of carbonyl (C=O) groups excluding carboxylic acids is 1. The second-order valence-corrected chi connectivity index (χ2v) is 7.97. The van der Waals surface area contributed by atoms with E-state index in [1.165, 1.54) is 0 Å². The SMILES string of the molecule is CC1(C)CC(C(=O)N2CCN(Cc3nc4ccccc4[nH]3)CC2)CN1. The molecule has 1 unspecified atom stereocenters. The molecular weight excluding hydrogens is 314 g/mol. The van der Waals surface area contributed by atoms with Crippen LogP contribution in [0.4, 0.5) is 0 Å². The van der Waals surface area contributed by atoms with Gasteiger partial charge in [0.05, 0.1) is 23.5 Å². The number of aromatic nitrogens is 2. The van der Waals surface area contributed by atoms with Gasteiger partial charge in [-0.05, 0) is 32.4 Å². The molecule has 3 heterocycles. The van der Waals surface area contributed by atoms with Gasteiger partial charge in [0.2, 0.25) is 5.91 Å². The summed E-state index contributed by atoms with van der Waals surface area (Å²) >= 11 is 0. The van der Waals surface area contributed by atoms with Gasteiger partial charge in [0.15, 0.2) is 0 Å². The van der Waals surface area contributed by atoms with Crippen LogP contribution in [0.25, 0.3) is 11.0 Å². The van der Waals surface area contributed by atoms with Crippen LogP contribution in [0, 0.1) is 5.92 Å². The van der Waals surface area contributed by atoms with Gasteiger partial charge in [-0.3, -0.25) is 9.69 Å². The highest BCUT2D eigenvalue weighted by Gasteiger charge is 2.37. The zero-order valence-corrected chi connectivity index (χ0v) is 15.1. The average molecular weight is 341 g/mol. The van der Waals surface area contributed by atoms with Gasteiger partial charge in [-0.2, -0.15) is 0 Å². The Labute approximate surface area is 148 Å². The van der Waals surface area contributed by atoms with Gasteiger partial charge in [-0.25, -0.2) is 4.98 Å². The van der Waals surface area contributed by atoms with Crippen molar-refractivity contribution >= 4 is 16.9 Å². The number of para-hydroxylation sites is 2. The van der Waals surface area contributed by atoms with Crippen molar-refractivity contribution < 1.29 is 4.79 Å². The number of amides is 1. The lowest BCUT2D eigenvalue weighted by Gasteiger charge is -2.35. The highest BCUT2D eigenvalue weighted by molar-refractivity contribution is 5.79. The van der Waals surface area contributed by atoms with E-state index in [4.69, 9.17) is 0 Å². The number of fused-ring (bicyclic) bond motifs is 1. The number of H-pyrrole nitrogens is 1. The molecule has 6 nitrogen and oxygen atoms in total. The van der Waals surface area contributed by atoms with Gasteiger partial charge >= 0.3 is 0 Å². The topological polar surface area (TPSA) is 64.3 Å². The lowest BCUT2D eigenvalue weighted by Crippen LogP contribution is -2.50. The number of carbonyl (C=O) groups is 1. The van der Waals surface area contributed by atoms with Gasteiger partial charge in [0.25, 0.3) is 0 Å². The Kier molecular flexibility index (Phi) is 4.25. The number of piperazine rings is 1. The van der Waals surface area contributed by atoms with E-state index in [1.807, 2.05) is 23.1 Å². The first kappa shape index (κ1) is 16.5. The first-order valence-corrected chi connectivity index (χ1v) is 9.20. The van der Waals surface area contributed by atoms with E-state index in [0.29, 0.717) is 5.91 Å². The Morgan fingerprint density at radius 1 is 1.24 bits per heavy atom. The normalized spacial score (nSPS) is 24.1. The lowest BCUT2D eigenvalue weighted by atomic mass is 9.96. The predicted octanol–water partition coefficient (Wildman–Crippen LogP) is 1.60. The standard InChI is InChI=1S/C19H27N5O/c1-19(2)11-14(12-20-19)18(25)24-9-7-23(8-10-24)13-17-21-15-5-3-4-6-16(15)22-17/h3-6,14,20H,7-13H2,1-2H3,(H,21,22). The van der Waals surface area contributed by atoms with E-state index in [9.17, 15) is 4.79 Å². The van der Waals surface area contributed by atoms with Crippen LogP contribution in [0.2, 0.25) is 0 Å². The quantitative estimate of drug-likeness (QED) is 0.890. The van der Waals surface area contributed by atoms with E-state index < -0.39 is 0 Å². The summed E-state index contributed by atoms with van der Waals surface area (Å²) in [5.74, 6) is 1.46. The molecule has 2 N–H and O–H groups in total. The molecule has 2 aliphatic rings. The number of rotatable bonds is 3. The molecule has 2 aromatic rings.